The number of hydrogen-bond donors (Lipinski definition) is 1. The molecular weight excluding hydrogens is 335 g/mol. The zero-order chi connectivity index (χ0) is 17.4. The van der Waals surface area contributed by atoms with Gasteiger partial charge in [0.25, 0.3) is 5.56 Å². The van der Waals surface area contributed by atoms with Crippen molar-refractivity contribution >= 4 is 28.8 Å². The van der Waals surface area contributed by atoms with Gasteiger partial charge in [0.1, 0.15) is 0 Å². The third kappa shape index (κ3) is 2.69. The molecule has 8 heteroatoms. The van der Waals surface area contributed by atoms with Gasteiger partial charge in [0.2, 0.25) is 0 Å². The van der Waals surface area contributed by atoms with Gasteiger partial charge in [0.05, 0.1) is 17.5 Å². The highest BCUT2D eigenvalue weighted by Crippen LogP contribution is 2.30. The van der Waals surface area contributed by atoms with Crippen molar-refractivity contribution in [2.24, 2.45) is 4.99 Å². The second kappa shape index (κ2) is 6.32. The van der Waals surface area contributed by atoms with Crippen molar-refractivity contribution in [2.75, 3.05) is 0 Å². The molecule has 2 atom stereocenters. The van der Waals surface area contributed by atoms with Crippen LogP contribution in [0.2, 0.25) is 5.15 Å². The first kappa shape index (κ1) is 16.6. The number of nitrogens with zero attached hydrogens (tertiary/aromatic N) is 3. The number of fused-ring (bicyclic) bond motifs is 1. The molecule has 3 rings (SSSR count). The molecule has 0 bridgehead atoms. The van der Waals surface area contributed by atoms with E-state index in [1.165, 1.54) is 4.57 Å². The van der Waals surface area contributed by atoms with Crippen molar-refractivity contribution in [1.82, 2.24) is 14.5 Å². The van der Waals surface area contributed by atoms with Crippen molar-refractivity contribution in [2.45, 2.75) is 38.8 Å². The van der Waals surface area contributed by atoms with Crippen molar-refractivity contribution in [3.63, 3.8) is 0 Å². The summed E-state index contributed by atoms with van der Waals surface area (Å²) in [6.45, 7) is 3.91. The van der Waals surface area contributed by atoms with Gasteiger partial charge < -0.3 is 0 Å². The molecular formula is C16H16ClFN4O2. The Hall–Kier alpha value is -2.28. The number of allylic oxidation sites excluding steroid dienone is 1. The van der Waals surface area contributed by atoms with Crippen LogP contribution in [0.25, 0.3) is 11.0 Å². The highest BCUT2D eigenvalue weighted by Gasteiger charge is 2.29. The van der Waals surface area contributed by atoms with Gasteiger partial charge in [-0.05, 0) is 31.1 Å². The molecule has 0 saturated heterocycles. The maximum atomic E-state index is 13.7. The lowest BCUT2D eigenvalue weighted by Gasteiger charge is -2.29. The van der Waals surface area contributed by atoms with Gasteiger partial charge >= 0.3 is 5.69 Å². The predicted molar refractivity (Wildman–Crippen MR) is 91.6 cm³/mol. The van der Waals surface area contributed by atoms with E-state index < -0.39 is 23.1 Å². The van der Waals surface area contributed by atoms with Gasteiger partial charge in [0, 0.05) is 6.21 Å². The number of halogens is 2. The van der Waals surface area contributed by atoms with Crippen LogP contribution in [0.3, 0.4) is 0 Å². The summed E-state index contributed by atoms with van der Waals surface area (Å²) in [4.78, 5) is 35.2. The van der Waals surface area contributed by atoms with Crippen LogP contribution in [0, 0.1) is 5.82 Å². The van der Waals surface area contributed by atoms with E-state index in [0.717, 1.165) is 24.5 Å². The van der Waals surface area contributed by atoms with E-state index in [2.05, 4.69) is 15.0 Å². The summed E-state index contributed by atoms with van der Waals surface area (Å²) < 4.78 is 15.1. The summed E-state index contributed by atoms with van der Waals surface area (Å²) in [6, 6.07) is 0.424. The van der Waals surface area contributed by atoms with E-state index in [0.29, 0.717) is 0 Å². The number of aromatic nitrogens is 3. The maximum Gasteiger partial charge on any atom is 0.330 e. The molecule has 6 nitrogen and oxygen atoms in total. The molecule has 2 unspecified atom stereocenters. The lowest BCUT2D eigenvalue weighted by atomic mass is 9.94. The molecule has 0 spiro atoms. The third-order valence-corrected chi connectivity index (χ3v) is 4.40. The fraction of sp³-hybridized carbons (Fsp3) is 0.375. The topological polar surface area (TPSA) is 80.1 Å². The highest BCUT2D eigenvalue weighted by molar-refractivity contribution is 6.29. The molecule has 1 N–H and O–H groups in total. The Bertz CT molecular complexity index is 976. The fourth-order valence-corrected chi connectivity index (χ4v) is 3.18. The molecule has 126 valence electrons. The molecule has 0 radical (unpaired) electrons. The maximum absolute atomic E-state index is 13.7. The molecule has 1 aliphatic rings. The van der Waals surface area contributed by atoms with E-state index in [1.807, 2.05) is 19.9 Å². The van der Waals surface area contributed by atoms with Crippen LogP contribution < -0.4 is 11.2 Å². The summed E-state index contributed by atoms with van der Waals surface area (Å²) in [5, 5.41) is -0.400. The fourth-order valence-electron chi connectivity index (χ4n) is 3.05. The van der Waals surface area contributed by atoms with Gasteiger partial charge in [-0.15, -0.1) is 0 Å². The van der Waals surface area contributed by atoms with Gasteiger partial charge in [-0.25, -0.2) is 14.2 Å². The van der Waals surface area contributed by atoms with Crippen LogP contribution in [0.15, 0.2) is 32.3 Å². The molecule has 3 heterocycles. The minimum atomic E-state index is -0.807. The first-order valence-electron chi connectivity index (χ1n) is 7.64. The predicted octanol–water partition coefficient (Wildman–Crippen LogP) is 2.62. The van der Waals surface area contributed by atoms with Gasteiger partial charge in [-0.1, -0.05) is 24.9 Å². The Kier molecular flexibility index (Phi) is 4.36. The Morgan fingerprint density at radius 3 is 2.88 bits per heavy atom. The van der Waals surface area contributed by atoms with Gasteiger partial charge in [-0.3, -0.25) is 19.3 Å². The quantitative estimate of drug-likeness (QED) is 0.864. The zero-order valence-electron chi connectivity index (χ0n) is 13.2. The average molecular weight is 351 g/mol. The number of H-pyrrole nitrogens is 1. The smallest absolute Gasteiger partial charge is 0.287 e. The number of dihydropyridines is 1. The molecule has 2 aromatic heterocycles. The normalized spacial score (nSPS) is 20.4. The summed E-state index contributed by atoms with van der Waals surface area (Å²) in [5.74, 6) is -0.807. The zero-order valence-corrected chi connectivity index (χ0v) is 14.0. The van der Waals surface area contributed by atoms with Crippen LogP contribution in [0.1, 0.15) is 32.7 Å². The Labute approximate surface area is 141 Å². The number of rotatable bonds is 3. The standard InChI is InChI=1S/C16H16ClFN4O2/c1-3-4-11-12(8(2)5-6-19-11)22-14-9(15(23)21-16(22)24)7-10(18)13(17)20-14/h5-7,11-12H,3-4H2,1-2H3,(H,21,23,24). The van der Waals surface area contributed by atoms with Crippen LogP contribution in [-0.2, 0) is 0 Å². The number of aromatic amines is 1. The molecule has 2 aromatic rings. The highest BCUT2D eigenvalue weighted by atomic mass is 35.5. The van der Waals surface area contributed by atoms with E-state index in [9.17, 15) is 14.0 Å². The van der Waals surface area contributed by atoms with E-state index in [-0.39, 0.29) is 22.2 Å². The Morgan fingerprint density at radius 2 is 2.17 bits per heavy atom. The molecule has 0 fully saturated rings. The summed E-state index contributed by atoms with van der Waals surface area (Å²) >= 11 is 5.78. The van der Waals surface area contributed by atoms with Crippen LogP contribution in [0.4, 0.5) is 4.39 Å². The monoisotopic (exact) mass is 350 g/mol. The SMILES string of the molecule is CCCC1N=CC=C(C)C1n1c(=O)[nH]c(=O)c2cc(F)c(Cl)nc21. The summed E-state index contributed by atoms with van der Waals surface area (Å²) in [6.07, 6.45) is 5.16. The molecule has 0 amide bonds. The van der Waals surface area contributed by atoms with Crippen molar-refractivity contribution < 1.29 is 4.39 Å². The Balaban J connectivity index is 2.34. The lowest BCUT2D eigenvalue weighted by molar-refractivity contribution is 0.428. The molecule has 24 heavy (non-hydrogen) atoms. The number of aliphatic imine (C=N–C) groups is 1. The van der Waals surface area contributed by atoms with Gasteiger partial charge in [-0.2, -0.15) is 0 Å². The number of nitrogens with one attached hydrogen (secondary N) is 1. The summed E-state index contributed by atoms with van der Waals surface area (Å²) in [5.41, 5.74) is -0.340. The van der Waals surface area contributed by atoms with Crippen molar-refractivity contribution in [1.29, 1.82) is 0 Å². The van der Waals surface area contributed by atoms with Gasteiger partial charge in [0.15, 0.2) is 16.6 Å². The molecule has 1 aliphatic heterocycles. The lowest BCUT2D eigenvalue weighted by Crippen LogP contribution is -2.39. The largest absolute Gasteiger partial charge is 0.330 e. The first-order chi connectivity index (χ1) is 11.4. The van der Waals surface area contributed by atoms with Crippen molar-refractivity contribution in [3.8, 4) is 0 Å². The van der Waals surface area contributed by atoms with E-state index >= 15 is 0 Å². The van der Waals surface area contributed by atoms with E-state index in [4.69, 9.17) is 11.6 Å². The van der Waals surface area contributed by atoms with Crippen LogP contribution >= 0.6 is 11.6 Å². The summed E-state index contributed by atoms with van der Waals surface area (Å²) in [7, 11) is 0. The molecule has 0 saturated carbocycles. The van der Waals surface area contributed by atoms with Crippen molar-refractivity contribution in [3.05, 3.63) is 49.5 Å². The minimum Gasteiger partial charge on any atom is -0.287 e. The first-order valence-corrected chi connectivity index (χ1v) is 8.02. The Morgan fingerprint density at radius 1 is 1.42 bits per heavy atom. The van der Waals surface area contributed by atoms with E-state index in [1.54, 1.807) is 6.21 Å². The average Bonchev–Trinajstić information content (AvgIpc) is 2.52. The molecule has 0 aromatic carbocycles. The van der Waals surface area contributed by atoms with Crippen LogP contribution in [0.5, 0.6) is 0 Å². The second-order valence-corrected chi connectivity index (χ2v) is 6.13. The number of pyridine rings is 1. The van der Waals surface area contributed by atoms with Crippen LogP contribution in [-0.4, -0.2) is 26.8 Å². The second-order valence-electron chi connectivity index (χ2n) is 5.77. The minimum absolute atomic E-state index is 0.0194. The third-order valence-electron chi connectivity index (χ3n) is 4.13. The molecule has 0 aliphatic carbocycles. The number of hydrogen-bond acceptors (Lipinski definition) is 4.